The molecule has 0 spiro atoms. The maximum absolute atomic E-state index is 11.4. The summed E-state index contributed by atoms with van der Waals surface area (Å²) in [4.78, 5) is 32.7. The van der Waals surface area contributed by atoms with E-state index < -0.39 is 5.69 Å². The number of anilines is 1. The van der Waals surface area contributed by atoms with Crippen LogP contribution in [0.2, 0.25) is 0 Å². The standard InChI is InChI=1S/C19H25N9O2/c1-2-27-7-3-4-13(27)10-20-17-24-15-11(8-14-16(29)25-19(30)23-14)9-21-28(15)18(26-17)22-12-5-6-12/h8-9,12-13,29H,2-7,10H2,1H3,(H,20,22,26)(H2,23,25,30)/b11-8+. The monoisotopic (exact) mass is 411 g/mol. The van der Waals surface area contributed by atoms with Crippen LogP contribution in [0, 0.1) is 0 Å². The summed E-state index contributed by atoms with van der Waals surface area (Å²) in [7, 11) is 0. The van der Waals surface area contributed by atoms with E-state index in [1.165, 1.54) is 6.42 Å². The van der Waals surface area contributed by atoms with E-state index in [1.54, 1.807) is 16.8 Å². The van der Waals surface area contributed by atoms with Gasteiger partial charge in [0.25, 0.3) is 5.62 Å². The van der Waals surface area contributed by atoms with Crippen LogP contribution in [0.5, 0.6) is 5.88 Å². The first-order valence-corrected chi connectivity index (χ1v) is 10.4. The number of rotatable bonds is 6. The Kier molecular flexibility index (Phi) is 4.74. The average Bonchev–Trinajstić information content (AvgIpc) is 3.13. The lowest BCUT2D eigenvalue weighted by atomic mass is 10.2. The van der Waals surface area contributed by atoms with Gasteiger partial charge in [-0.3, -0.25) is 9.88 Å². The highest BCUT2D eigenvalue weighted by Gasteiger charge is 2.23. The second-order valence-corrected chi connectivity index (χ2v) is 7.83. The van der Waals surface area contributed by atoms with E-state index in [1.807, 2.05) is 0 Å². The van der Waals surface area contributed by atoms with Gasteiger partial charge in [-0.15, -0.1) is 0 Å². The summed E-state index contributed by atoms with van der Waals surface area (Å²) in [5.74, 6) is 0.280. The summed E-state index contributed by atoms with van der Waals surface area (Å²) < 4.78 is 1.60. The van der Waals surface area contributed by atoms with Crippen molar-refractivity contribution in [3.05, 3.63) is 33.2 Å². The van der Waals surface area contributed by atoms with E-state index in [-0.39, 0.29) is 17.6 Å². The molecule has 5 rings (SSSR count). The predicted octanol–water partition coefficient (Wildman–Crippen LogP) is -0.647. The van der Waals surface area contributed by atoms with Crippen molar-refractivity contribution in [1.29, 1.82) is 0 Å². The van der Waals surface area contributed by atoms with E-state index >= 15 is 0 Å². The van der Waals surface area contributed by atoms with Crippen LogP contribution in [0.4, 0.5) is 5.95 Å². The summed E-state index contributed by atoms with van der Waals surface area (Å²) >= 11 is 0. The van der Waals surface area contributed by atoms with Gasteiger partial charge in [-0.25, -0.2) is 9.79 Å². The lowest BCUT2D eigenvalue weighted by Gasteiger charge is -2.22. The number of nitrogens with one attached hydrogen (secondary N) is 3. The highest BCUT2D eigenvalue weighted by Crippen LogP contribution is 2.22. The van der Waals surface area contributed by atoms with Gasteiger partial charge in [0.1, 0.15) is 5.69 Å². The van der Waals surface area contributed by atoms with E-state index in [9.17, 15) is 9.90 Å². The maximum atomic E-state index is 11.4. The number of fused-ring (bicyclic) bond motifs is 1. The van der Waals surface area contributed by atoms with Gasteiger partial charge >= 0.3 is 5.69 Å². The van der Waals surface area contributed by atoms with Crippen molar-refractivity contribution >= 4 is 17.7 Å². The predicted molar refractivity (Wildman–Crippen MR) is 110 cm³/mol. The minimum atomic E-state index is -0.478. The first kappa shape index (κ1) is 18.8. The number of H-pyrrole nitrogens is 2. The summed E-state index contributed by atoms with van der Waals surface area (Å²) in [6.07, 6.45) is 7.74. The Balaban J connectivity index is 1.54. The fraction of sp³-hybridized carbons (Fsp3) is 0.526. The molecule has 4 N–H and O–H groups in total. The number of nitrogens with zero attached hydrogens (tertiary/aromatic N) is 6. The number of likely N-dealkylation sites (tertiary alicyclic amines) is 1. The molecule has 2 fully saturated rings. The first-order valence-electron chi connectivity index (χ1n) is 10.4. The lowest BCUT2D eigenvalue weighted by molar-refractivity contribution is 0.276. The summed E-state index contributed by atoms with van der Waals surface area (Å²) in [6.45, 7) is 5.12. The molecule has 11 heteroatoms. The zero-order valence-electron chi connectivity index (χ0n) is 16.8. The fourth-order valence-electron chi connectivity index (χ4n) is 3.91. The average molecular weight is 411 g/mol. The number of aromatic hydroxyl groups is 1. The Hall–Kier alpha value is -3.21. The molecular weight excluding hydrogens is 386 g/mol. The molecule has 0 radical (unpaired) electrons. The van der Waals surface area contributed by atoms with Crippen molar-refractivity contribution in [1.82, 2.24) is 34.4 Å². The van der Waals surface area contributed by atoms with Gasteiger partial charge in [0.05, 0.1) is 12.2 Å². The zero-order chi connectivity index (χ0) is 20.7. The Bertz CT molecular complexity index is 1240. The van der Waals surface area contributed by atoms with Crippen LogP contribution in [-0.2, 0) is 0 Å². The first-order chi connectivity index (χ1) is 14.6. The number of hydrogen-bond acceptors (Lipinski definition) is 8. The molecule has 1 aliphatic carbocycles. The molecule has 1 unspecified atom stereocenters. The molecule has 0 aromatic carbocycles. The molecule has 0 bridgehead atoms. The molecular formula is C19H25N9O2. The molecule has 1 saturated carbocycles. The molecule has 1 atom stereocenters. The molecule has 1 saturated heterocycles. The summed E-state index contributed by atoms with van der Waals surface area (Å²) in [5, 5.41) is 18.3. The van der Waals surface area contributed by atoms with Crippen LogP contribution in [0.1, 0.15) is 38.3 Å². The number of likely N-dealkylation sites (N-methyl/N-ethyl adjacent to an activating group) is 1. The highest BCUT2D eigenvalue weighted by atomic mass is 16.3. The van der Waals surface area contributed by atoms with Crippen molar-refractivity contribution in [2.24, 2.45) is 4.99 Å². The van der Waals surface area contributed by atoms with Crippen molar-refractivity contribution in [3.63, 3.8) is 0 Å². The van der Waals surface area contributed by atoms with Crippen LogP contribution in [-0.4, -0.2) is 71.3 Å². The third-order valence-electron chi connectivity index (χ3n) is 5.66. The molecule has 30 heavy (non-hydrogen) atoms. The van der Waals surface area contributed by atoms with Gasteiger partial charge in [-0.1, -0.05) is 6.92 Å². The van der Waals surface area contributed by atoms with Crippen LogP contribution >= 0.6 is 0 Å². The van der Waals surface area contributed by atoms with Crippen LogP contribution < -0.4 is 21.8 Å². The second-order valence-electron chi connectivity index (χ2n) is 7.83. The van der Waals surface area contributed by atoms with E-state index in [2.05, 4.69) is 47.2 Å². The Morgan fingerprint density at radius 1 is 1.33 bits per heavy atom. The number of imidazole rings is 1. The normalized spacial score (nSPS) is 21.2. The molecule has 3 aromatic heterocycles. The van der Waals surface area contributed by atoms with Gasteiger partial charge in [0.2, 0.25) is 11.8 Å². The Morgan fingerprint density at radius 3 is 2.93 bits per heavy atom. The third-order valence-corrected chi connectivity index (χ3v) is 5.66. The van der Waals surface area contributed by atoms with Gasteiger partial charge in [-0.05, 0) is 44.8 Å². The smallest absolute Gasteiger partial charge is 0.326 e. The SMILES string of the molecule is CCN1CCCC1CNc1nc(=NC2CC2)n2nc/c(=C\c3[nH]c(=O)[nH]c3O)c2n1. The molecule has 11 nitrogen and oxygen atoms in total. The molecule has 3 aromatic rings. The quantitative estimate of drug-likeness (QED) is 0.423. The van der Waals surface area contributed by atoms with Crippen molar-refractivity contribution in [2.75, 3.05) is 25.0 Å². The summed E-state index contributed by atoms with van der Waals surface area (Å²) in [6, 6.07) is 0.750. The van der Waals surface area contributed by atoms with E-state index in [0.717, 1.165) is 38.9 Å². The number of aromatic nitrogens is 6. The molecule has 0 amide bonds. The van der Waals surface area contributed by atoms with Crippen LogP contribution in [0.15, 0.2) is 16.0 Å². The minimum Gasteiger partial charge on any atom is -0.493 e. The van der Waals surface area contributed by atoms with Gasteiger partial charge in [-0.2, -0.15) is 19.6 Å². The Labute approximate surface area is 171 Å². The second kappa shape index (κ2) is 7.56. The molecule has 2 aliphatic rings. The highest BCUT2D eigenvalue weighted by molar-refractivity contribution is 5.57. The Morgan fingerprint density at radius 2 is 2.20 bits per heavy atom. The number of hydrogen-bond donors (Lipinski definition) is 4. The maximum Gasteiger partial charge on any atom is 0.326 e. The van der Waals surface area contributed by atoms with Gasteiger partial charge in [0.15, 0.2) is 5.65 Å². The van der Waals surface area contributed by atoms with E-state index in [4.69, 9.17) is 0 Å². The number of aromatic amines is 2. The van der Waals surface area contributed by atoms with Crippen LogP contribution in [0.25, 0.3) is 11.7 Å². The third kappa shape index (κ3) is 3.67. The molecule has 1 aliphatic heterocycles. The largest absolute Gasteiger partial charge is 0.493 e. The minimum absolute atomic E-state index is 0.226. The molecule has 4 heterocycles. The van der Waals surface area contributed by atoms with Crippen molar-refractivity contribution in [2.45, 2.75) is 44.7 Å². The molecule has 158 valence electrons. The lowest BCUT2D eigenvalue weighted by Crippen LogP contribution is -2.35. The van der Waals surface area contributed by atoms with Crippen molar-refractivity contribution < 1.29 is 5.11 Å². The fourth-order valence-corrected chi connectivity index (χ4v) is 3.91. The van der Waals surface area contributed by atoms with Gasteiger partial charge in [0, 0.05) is 17.8 Å². The van der Waals surface area contributed by atoms with Gasteiger partial charge < -0.3 is 15.4 Å². The summed E-state index contributed by atoms with van der Waals surface area (Å²) in [5.41, 5.74) is 0.865. The topological polar surface area (TPSA) is 140 Å². The van der Waals surface area contributed by atoms with E-state index in [0.29, 0.717) is 28.5 Å². The zero-order valence-corrected chi connectivity index (χ0v) is 16.8. The van der Waals surface area contributed by atoms with Crippen LogP contribution in [0.3, 0.4) is 0 Å². The van der Waals surface area contributed by atoms with Crippen molar-refractivity contribution in [3.8, 4) is 5.88 Å².